The van der Waals surface area contributed by atoms with Crippen molar-refractivity contribution in [3.8, 4) is 0 Å². The molecule has 0 aliphatic heterocycles. The van der Waals surface area contributed by atoms with Gasteiger partial charge in [-0.05, 0) is 18.6 Å². The van der Waals surface area contributed by atoms with E-state index in [0.717, 1.165) is 5.56 Å². The predicted octanol–water partition coefficient (Wildman–Crippen LogP) is 2.38. The smallest absolute Gasteiger partial charge is 0.232 e. The van der Waals surface area contributed by atoms with E-state index in [-0.39, 0.29) is 12.3 Å². The van der Waals surface area contributed by atoms with Crippen molar-refractivity contribution in [1.29, 1.82) is 0 Å². The Balaban J connectivity index is 2.89. The number of carbonyl (C=O) groups is 1. The van der Waals surface area contributed by atoms with Crippen molar-refractivity contribution in [2.75, 3.05) is 5.32 Å². The summed E-state index contributed by atoms with van der Waals surface area (Å²) in [5.74, 6) is -0.655. The Hall–Kier alpha value is -1.46. The van der Waals surface area contributed by atoms with Gasteiger partial charge in [-0.15, -0.1) is 0 Å². The Morgan fingerprint density at radius 1 is 1.53 bits per heavy atom. The van der Waals surface area contributed by atoms with Crippen LogP contribution in [0.4, 0.5) is 5.69 Å². The molecular weight excluding hydrogens is 265 g/mol. The van der Waals surface area contributed by atoms with E-state index in [4.69, 9.17) is 34.1 Å². The van der Waals surface area contributed by atoms with Gasteiger partial charge < -0.3 is 16.3 Å². The highest BCUT2D eigenvalue weighted by molar-refractivity contribution is 6.40. The first-order valence-electron chi connectivity index (χ1n) is 4.66. The van der Waals surface area contributed by atoms with Crippen LogP contribution in [0.3, 0.4) is 0 Å². The fraction of sp³-hybridized carbons (Fsp3) is 0.200. The molecule has 0 saturated heterocycles. The molecule has 7 heteroatoms. The van der Waals surface area contributed by atoms with Crippen LogP contribution in [0.15, 0.2) is 17.3 Å². The van der Waals surface area contributed by atoms with E-state index in [0.29, 0.717) is 15.7 Å². The number of nitrogens with zero attached hydrogens (tertiary/aromatic N) is 1. The summed E-state index contributed by atoms with van der Waals surface area (Å²) in [6.45, 7) is 1.79. The fourth-order valence-electron chi connectivity index (χ4n) is 1.15. The number of oxime groups is 1. The minimum Gasteiger partial charge on any atom is -0.409 e. The van der Waals surface area contributed by atoms with Crippen molar-refractivity contribution in [1.82, 2.24) is 0 Å². The minimum atomic E-state index is -0.463. The summed E-state index contributed by atoms with van der Waals surface area (Å²) in [5, 5.41) is 14.2. The van der Waals surface area contributed by atoms with Gasteiger partial charge in [0.2, 0.25) is 5.91 Å². The Labute approximate surface area is 108 Å². The molecular formula is C10H11Cl2N3O2. The molecule has 1 aromatic carbocycles. The standard InChI is InChI=1S/C10H11Cl2N3O2/c1-5-2-3-6(11)10(9(5)12)14-8(16)4-7(13)15-17/h2-3,17H,4H2,1H3,(H2,13,15)(H,14,16). The highest BCUT2D eigenvalue weighted by Crippen LogP contribution is 2.32. The van der Waals surface area contributed by atoms with Gasteiger partial charge in [0.15, 0.2) is 0 Å². The third-order valence-electron chi connectivity index (χ3n) is 2.02. The number of amidine groups is 1. The first-order chi connectivity index (χ1) is 7.95. The second-order valence-electron chi connectivity index (χ2n) is 3.37. The van der Waals surface area contributed by atoms with E-state index in [1.54, 1.807) is 19.1 Å². The van der Waals surface area contributed by atoms with Crippen LogP contribution in [0.25, 0.3) is 0 Å². The van der Waals surface area contributed by atoms with Crippen LogP contribution >= 0.6 is 23.2 Å². The molecule has 4 N–H and O–H groups in total. The number of amides is 1. The van der Waals surface area contributed by atoms with Gasteiger partial charge in [-0.2, -0.15) is 0 Å². The number of halogens is 2. The van der Waals surface area contributed by atoms with E-state index in [2.05, 4.69) is 10.5 Å². The van der Waals surface area contributed by atoms with Crippen LogP contribution in [-0.4, -0.2) is 17.0 Å². The number of benzene rings is 1. The molecule has 0 aliphatic carbocycles. The number of nitrogens with two attached hydrogens (primary N) is 1. The van der Waals surface area contributed by atoms with E-state index >= 15 is 0 Å². The molecule has 0 spiro atoms. The van der Waals surface area contributed by atoms with E-state index in [9.17, 15) is 4.79 Å². The first kappa shape index (κ1) is 13.6. The third kappa shape index (κ3) is 3.51. The molecule has 0 radical (unpaired) electrons. The highest BCUT2D eigenvalue weighted by atomic mass is 35.5. The highest BCUT2D eigenvalue weighted by Gasteiger charge is 2.12. The lowest BCUT2D eigenvalue weighted by Gasteiger charge is -2.10. The lowest BCUT2D eigenvalue weighted by molar-refractivity contribution is -0.115. The lowest BCUT2D eigenvalue weighted by atomic mass is 10.2. The van der Waals surface area contributed by atoms with Crippen molar-refractivity contribution in [2.45, 2.75) is 13.3 Å². The normalized spacial score (nSPS) is 11.4. The van der Waals surface area contributed by atoms with E-state index in [1.165, 1.54) is 0 Å². The Morgan fingerprint density at radius 3 is 2.76 bits per heavy atom. The number of rotatable bonds is 3. The van der Waals surface area contributed by atoms with Gasteiger partial charge in [0.05, 0.1) is 22.2 Å². The second-order valence-corrected chi connectivity index (χ2v) is 4.15. The maximum atomic E-state index is 11.5. The molecule has 0 aromatic heterocycles. The molecule has 1 rings (SSSR count). The molecule has 5 nitrogen and oxygen atoms in total. The zero-order chi connectivity index (χ0) is 13.0. The Kier molecular flexibility index (Phi) is 4.60. The summed E-state index contributed by atoms with van der Waals surface area (Å²) >= 11 is 11.9. The molecule has 0 bridgehead atoms. The summed E-state index contributed by atoms with van der Waals surface area (Å²) in [5.41, 5.74) is 6.32. The SMILES string of the molecule is Cc1ccc(Cl)c(NC(=O)C/C(N)=N/O)c1Cl. The van der Waals surface area contributed by atoms with Crippen molar-refractivity contribution >= 4 is 40.6 Å². The number of anilines is 1. The van der Waals surface area contributed by atoms with Crippen LogP contribution in [0.1, 0.15) is 12.0 Å². The Morgan fingerprint density at radius 2 is 2.18 bits per heavy atom. The molecule has 1 amide bonds. The summed E-state index contributed by atoms with van der Waals surface area (Å²) in [7, 11) is 0. The van der Waals surface area contributed by atoms with Crippen LogP contribution in [0, 0.1) is 6.92 Å². The minimum absolute atomic E-state index is 0.192. The summed E-state index contributed by atoms with van der Waals surface area (Å²) in [6.07, 6.45) is -0.239. The molecule has 0 heterocycles. The quantitative estimate of drug-likeness (QED) is 0.343. The third-order valence-corrected chi connectivity index (χ3v) is 2.82. The van der Waals surface area contributed by atoms with Gasteiger partial charge in [0.1, 0.15) is 5.84 Å². The largest absolute Gasteiger partial charge is 0.409 e. The number of carbonyl (C=O) groups excluding carboxylic acids is 1. The maximum Gasteiger partial charge on any atom is 0.232 e. The summed E-state index contributed by atoms with van der Waals surface area (Å²) in [6, 6.07) is 3.37. The van der Waals surface area contributed by atoms with Gasteiger partial charge >= 0.3 is 0 Å². The molecule has 17 heavy (non-hydrogen) atoms. The van der Waals surface area contributed by atoms with Gasteiger partial charge in [0, 0.05) is 0 Å². The molecule has 0 saturated carbocycles. The van der Waals surface area contributed by atoms with Gasteiger partial charge in [-0.3, -0.25) is 4.79 Å². The number of hydrogen-bond acceptors (Lipinski definition) is 3. The monoisotopic (exact) mass is 275 g/mol. The van der Waals surface area contributed by atoms with E-state index < -0.39 is 5.91 Å². The average Bonchev–Trinajstić information content (AvgIpc) is 2.29. The van der Waals surface area contributed by atoms with Crippen molar-refractivity contribution in [2.24, 2.45) is 10.9 Å². The Bertz CT molecular complexity index is 475. The van der Waals surface area contributed by atoms with Gasteiger partial charge in [-0.25, -0.2) is 0 Å². The molecule has 0 atom stereocenters. The van der Waals surface area contributed by atoms with Gasteiger partial charge in [-0.1, -0.05) is 34.4 Å². The molecule has 0 unspecified atom stereocenters. The van der Waals surface area contributed by atoms with Crippen molar-refractivity contribution in [3.05, 3.63) is 27.7 Å². The fourth-order valence-corrected chi connectivity index (χ4v) is 1.62. The zero-order valence-electron chi connectivity index (χ0n) is 9.00. The predicted molar refractivity (Wildman–Crippen MR) is 67.9 cm³/mol. The summed E-state index contributed by atoms with van der Waals surface area (Å²) in [4.78, 5) is 11.5. The van der Waals surface area contributed by atoms with Crippen LogP contribution in [0.2, 0.25) is 10.0 Å². The topological polar surface area (TPSA) is 87.7 Å². The number of aryl methyl sites for hydroxylation is 1. The lowest BCUT2D eigenvalue weighted by Crippen LogP contribution is -2.22. The summed E-state index contributed by atoms with van der Waals surface area (Å²) < 4.78 is 0. The van der Waals surface area contributed by atoms with Crippen molar-refractivity contribution in [3.63, 3.8) is 0 Å². The van der Waals surface area contributed by atoms with Gasteiger partial charge in [0.25, 0.3) is 0 Å². The number of hydrogen-bond donors (Lipinski definition) is 3. The van der Waals surface area contributed by atoms with Crippen LogP contribution < -0.4 is 11.1 Å². The second kappa shape index (κ2) is 5.75. The number of nitrogens with one attached hydrogen (secondary N) is 1. The van der Waals surface area contributed by atoms with E-state index in [1.807, 2.05) is 0 Å². The average molecular weight is 276 g/mol. The zero-order valence-corrected chi connectivity index (χ0v) is 10.5. The molecule has 92 valence electrons. The first-order valence-corrected chi connectivity index (χ1v) is 5.42. The van der Waals surface area contributed by atoms with Crippen molar-refractivity contribution < 1.29 is 10.0 Å². The molecule has 1 aromatic rings. The maximum absolute atomic E-state index is 11.5. The van der Waals surface area contributed by atoms with Crippen LogP contribution in [-0.2, 0) is 4.79 Å². The molecule has 0 fully saturated rings. The molecule has 0 aliphatic rings. The van der Waals surface area contributed by atoms with Crippen LogP contribution in [0.5, 0.6) is 0 Å².